The minimum absolute atomic E-state index is 0.317. The maximum Gasteiger partial charge on any atom is 0.340 e. The lowest BCUT2D eigenvalue weighted by Crippen LogP contribution is -2.25. The number of benzene rings is 1. The van der Waals surface area contributed by atoms with E-state index in [1.165, 1.54) is 0 Å². The average Bonchev–Trinajstić information content (AvgIpc) is 2.75. The second-order valence-electron chi connectivity index (χ2n) is 3.83. The molecule has 1 saturated heterocycles. The summed E-state index contributed by atoms with van der Waals surface area (Å²) in [5.74, 6) is 0.229. The first-order valence-corrected chi connectivity index (χ1v) is 5.64. The smallest absolute Gasteiger partial charge is 0.340 e. The molecule has 0 aliphatic carbocycles. The van der Waals surface area contributed by atoms with Gasteiger partial charge in [-0.1, -0.05) is 11.6 Å². The van der Waals surface area contributed by atoms with E-state index in [-0.39, 0.29) is 5.97 Å². The zero-order chi connectivity index (χ0) is 11.5. The molecule has 1 aliphatic heterocycles. The van der Waals surface area contributed by atoms with Gasteiger partial charge in [-0.25, -0.2) is 4.79 Å². The van der Waals surface area contributed by atoms with Crippen LogP contribution < -0.4 is 4.74 Å². The molecule has 4 heteroatoms. The Morgan fingerprint density at radius 2 is 2.38 bits per heavy atom. The highest BCUT2D eigenvalue weighted by Crippen LogP contribution is 2.23. The van der Waals surface area contributed by atoms with Crippen LogP contribution in [0, 0.1) is 6.92 Å². The SMILES string of the molecule is Cc1cc(Cl)ccc1OC(=O)C1CCCO1. The molecule has 0 bridgehead atoms. The summed E-state index contributed by atoms with van der Waals surface area (Å²) in [5, 5.41) is 0.634. The maximum absolute atomic E-state index is 11.7. The molecule has 16 heavy (non-hydrogen) atoms. The van der Waals surface area contributed by atoms with Gasteiger partial charge in [0.2, 0.25) is 0 Å². The fourth-order valence-electron chi connectivity index (χ4n) is 1.66. The largest absolute Gasteiger partial charge is 0.424 e. The molecule has 1 fully saturated rings. The van der Waals surface area contributed by atoms with Crippen LogP contribution in [0.15, 0.2) is 18.2 Å². The van der Waals surface area contributed by atoms with Crippen molar-refractivity contribution in [2.24, 2.45) is 0 Å². The predicted octanol–water partition coefficient (Wildman–Crippen LogP) is 2.73. The van der Waals surface area contributed by atoms with Crippen LogP contribution in [-0.2, 0) is 9.53 Å². The van der Waals surface area contributed by atoms with E-state index < -0.39 is 6.10 Å². The zero-order valence-corrected chi connectivity index (χ0v) is 9.79. The lowest BCUT2D eigenvalue weighted by Gasteiger charge is -2.11. The third kappa shape index (κ3) is 2.54. The normalized spacial score (nSPS) is 19.8. The van der Waals surface area contributed by atoms with Crippen LogP contribution in [0.5, 0.6) is 5.75 Å². The van der Waals surface area contributed by atoms with Crippen LogP contribution in [-0.4, -0.2) is 18.7 Å². The van der Waals surface area contributed by atoms with E-state index in [9.17, 15) is 4.79 Å². The Balaban J connectivity index is 2.05. The molecule has 2 rings (SSSR count). The number of ether oxygens (including phenoxy) is 2. The Kier molecular flexibility index (Phi) is 3.46. The van der Waals surface area contributed by atoms with Gasteiger partial charge in [0, 0.05) is 11.6 Å². The fraction of sp³-hybridized carbons (Fsp3) is 0.417. The summed E-state index contributed by atoms with van der Waals surface area (Å²) in [5.41, 5.74) is 0.846. The number of rotatable bonds is 2. The summed E-state index contributed by atoms with van der Waals surface area (Å²) in [6.45, 7) is 2.49. The number of aryl methyl sites for hydroxylation is 1. The number of carbonyl (C=O) groups excluding carboxylic acids is 1. The Morgan fingerprint density at radius 3 is 3.00 bits per heavy atom. The first kappa shape index (κ1) is 11.4. The highest BCUT2D eigenvalue weighted by molar-refractivity contribution is 6.30. The quantitative estimate of drug-likeness (QED) is 0.589. The van der Waals surface area contributed by atoms with Crippen LogP contribution in [0.25, 0.3) is 0 Å². The molecule has 1 aromatic rings. The van der Waals surface area contributed by atoms with E-state index in [2.05, 4.69) is 0 Å². The predicted molar refractivity (Wildman–Crippen MR) is 60.8 cm³/mol. The lowest BCUT2D eigenvalue weighted by molar-refractivity contribution is -0.144. The van der Waals surface area contributed by atoms with Gasteiger partial charge >= 0.3 is 5.97 Å². The Morgan fingerprint density at radius 1 is 1.56 bits per heavy atom. The third-order valence-electron chi connectivity index (χ3n) is 2.54. The minimum Gasteiger partial charge on any atom is -0.424 e. The van der Waals surface area contributed by atoms with Gasteiger partial charge in [0.25, 0.3) is 0 Å². The van der Waals surface area contributed by atoms with Crippen molar-refractivity contribution in [3.8, 4) is 5.75 Å². The molecule has 0 spiro atoms. The van der Waals surface area contributed by atoms with Crippen molar-refractivity contribution in [2.75, 3.05) is 6.61 Å². The summed E-state index contributed by atoms with van der Waals surface area (Å²) in [4.78, 5) is 11.7. The van der Waals surface area contributed by atoms with E-state index in [1.807, 2.05) is 6.92 Å². The number of hydrogen-bond donors (Lipinski definition) is 0. The van der Waals surface area contributed by atoms with Gasteiger partial charge in [0.05, 0.1) is 0 Å². The molecule has 86 valence electrons. The summed E-state index contributed by atoms with van der Waals surface area (Å²) >= 11 is 5.82. The van der Waals surface area contributed by atoms with Gasteiger partial charge in [-0.2, -0.15) is 0 Å². The molecule has 1 heterocycles. The monoisotopic (exact) mass is 240 g/mol. The Bertz CT molecular complexity index is 397. The van der Waals surface area contributed by atoms with E-state index in [0.29, 0.717) is 17.4 Å². The molecule has 1 aliphatic rings. The van der Waals surface area contributed by atoms with Gasteiger partial charge in [-0.05, 0) is 43.5 Å². The van der Waals surface area contributed by atoms with Crippen LogP contribution in [0.3, 0.4) is 0 Å². The van der Waals surface area contributed by atoms with Gasteiger partial charge < -0.3 is 9.47 Å². The maximum atomic E-state index is 11.7. The average molecular weight is 241 g/mol. The third-order valence-corrected chi connectivity index (χ3v) is 2.78. The van der Waals surface area contributed by atoms with Gasteiger partial charge in [0.15, 0.2) is 6.10 Å². The summed E-state index contributed by atoms with van der Waals surface area (Å²) < 4.78 is 10.5. The highest BCUT2D eigenvalue weighted by atomic mass is 35.5. The van der Waals surface area contributed by atoms with Crippen LogP contribution in [0.2, 0.25) is 5.02 Å². The summed E-state index contributed by atoms with van der Waals surface area (Å²) in [6, 6.07) is 5.16. The molecule has 1 unspecified atom stereocenters. The fourth-order valence-corrected chi connectivity index (χ4v) is 1.89. The molecule has 0 saturated carbocycles. The van der Waals surface area contributed by atoms with Crippen molar-refractivity contribution in [3.05, 3.63) is 28.8 Å². The first-order chi connectivity index (χ1) is 7.66. The Labute approximate surface area is 99.3 Å². The zero-order valence-electron chi connectivity index (χ0n) is 9.03. The minimum atomic E-state index is -0.407. The lowest BCUT2D eigenvalue weighted by atomic mass is 10.2. The topological polar surface area (TPSA) is 35.5 Å². The van der Waals surface area contributed by atoms with Crippen molar-refractivity contribution in [2.45, 2.75) is 25.9 Å². The van der Waals surface area contributed by atoms with E-state index in [4.69, 9.17) is 21.1 Å². The van der Waals surface area contributed by atoms with Crippen molar-refractivity contribution < 1.29 is 14.3 Å². The first-order valence-electron chi connectivity index (χ1n) is 5.26. The van der Waals surface area contributed by atoms with Crippen molar-refractivity contribution >= 4 is 17.6 Å². The summed E-state index contributed by atoms with van der Waals surface area (Å²) in [6.07, 6.45) is 1.25. The molecule has 1 atom stereocenters. The van der Waals surface area contributed by atoms with Gasteiger partial charge in [-0.3, -0.25) is 0 Å². The molecule has 0 aromatic heterocycles. The molecule has 3 nitrogen and oxygen atoms in total. The molecule has 1 aromatic carbocycles. The van der Waals surface area contributed by atoms with Gasteiger partial charge in [-0.15, -0.1) is 0 Å². The van der Waals surface area contributed by atoms with E-state index in [0.717, 1.165) is 18.4 Å². The highest BCUT2D eigenvalue weighted by Gasteiger charge is 2.25. The molecular formula is C12H13ClO3. The number of esters is 1. The Hall–Kier alpha value is -1.06. The van der Waals surface area contributed by atoms with Crippen molar-refractivity contribution in [1.82, 2.24) is 0 Å². The van der Waals surface area contributed by atoms with Crippen LogP contribution in [0.1, 0.15) is 18.4 Å². The molecule has 0 amide bonds. The van der Waals surface area contributed by atoms with E-state index >= 15 is 0 Å². The van der Waals surface area contributed by atoms with Crippen molar-refractivity contribution in [3.63, 3.8) is 0 Å². The number of carbonyl (C=O) groups is 1. The number of hydrogen-bond acceptors (Lipinski definition) is 3. The van der Waals surface area contributed by atoms with Crippen LogP contribution >= 0.6 is 11.6 Å². The standard InChI is InChI=1S/C12H13ClO3/c1-8-7-9(13)4-5-10(8)16-12(14)11-3-2-6-15-11/h4-5,7,11H,2-3,6H2,1H3. The van der Waals surface area contributed by atoms with Gasteiger partial charge in [0.1, 0.15) is 5.75 Å². The molecular weight excluding hydrogens is 228 g/mol. The van der Waals surface area contributed by atoms with Crippen molar-refractivity contribution in [1.29, 1.82) is 0 Å². The number of halogens is 1. The molecule has 0 radical (unpaired) electrons. The second-order valence-corrected chi connectivity index (χ2v) is 4.27. The van der Waals surface area contributed by atoms with Crippen LogP contribution in [0.4, 0.5) is 0 Å². The molecule has 0 N–H and O–H groups in total. The van der Waals surface area contributed by atoms with E-state index in [1.54, 1.807) is 18.2 Å². The summed E-state index contributed by atoms with van der Waals surface area (Å²) in [7, 11) is 0. The second kappa shape index (κ2) is 4.85.